The Morgan fingerprint density at radius 1 is 1.48 bits per heavy atom. The number of nitrogens with two attached hydrogens (primary N) is 1. The van der Waals surface area contributed by atoms with Gasteiger partial charge in [0.1, 0.15) is 6.04 Å². The van der Waals surface area contributed by atoms with Crippen molar-refractivity contribution in [2.45, 2.75) is 6.04 Å². The molecule has 9 nitrogen and oxygen atoms in total. The van der Waals surface area contributed by atoms with Gasteiger partial charge in [-0.3, -0.25) is 14.9 Å². The number of hydrogen-bond donors (Lipinski definition) is 3. The number of carbonyl (C=O) groups excluding carboxylic acids is 1. The number of amides is 1. The minimum absolute atomic E-state index is 0.0580. The van der Waals surface area contributed by atoms with Gasteiger partial charge >= 0.3 is 5.97 Å². The van der Waals surface area contributed by atoms with E-state index in [0.29, 0.717) is 18.8 Å². The SMILES string of the molecule is NC(=O)c1cc([N+](=O)[O-])ccc1N1CCNCC1C(=O)O. The molecule has 1 atom stereocenters. The Morgan fingerprint density at radius 3 is 2.76 bits per heavy atom. The quantitative estimate of drug-likeness (QED) is 0.505. The van der Waals surface area contributed by atoms with Crippen molar-refractivity contribution in [3.05, 3.63) is 33.9 Å². The third kappa shape index (κ3) is 2.92. The molecule has 1 aliphatic rings. The van der Waals surface area contributed by atoms with E-state index in [4.69, 9.17) is 5.73 Å². The summed E-state index contributed by atoms with van der Waals surface area (Å²) >= 11 is 0. The first-order valence-electron chi connectivity index (χ1n) is 6.20. The molecule has 21 heavy (non-hydrogen) atoms. The number of aliphatic carboxylic acids is 1. The van der Waals surface area contributed by atoms with E-state index < -0.39 is 22.8 Å². The first-order chi connectivity index (χ1) is 9.91. The molecule has 112 valence electrons. The predicted octanol–water partition coefficient (Wildman–Crippen LogP) is -0.444. The monoisotopic (exact) mass is 294 g/mol. The number of non-ortho nitro benzene ring substituents is 1. The number of primary amides is 1. The molecule has 0 saturated carbocycles. The minimum Gasteiger partial charge on any atom is -0.480 e. The highest BCUT2D eigenvalue weighted by atomic mass is 16.6. The number of nitro groups is 1. The van der Waals surface area contributed by atoms with Crippen molar-refractivity contribution in [2.24, 2.45) is 5.73 Å². The lowest BCUT2D eigenvalue weighted by atomic mass is 10.1. The Morgan fingerprint density at radius 2 is 2.19 bits per heavy atom. The van der Waals surface area contributed by atoms with E-state index in [1.807, 2.05) is 0 Å². The number of nitrogens with one attached hydrogen (secondary N) is 1. The second-order valence-electron chi connectivity index (χ2n) is 4.57. The number of nitro benzene ring substituents is 1. The summed E-state index contributed by atoms with van der Waals surface area (Å²) in [4.78, 5) is 34.5. The summed E-state index contributed by atoms with van der Waals surface area (Å²) < 4.78 is 0. The van der Waals surface area contributed by atoms with Gasteiger partial charge in [0.25, 0.3) is 11.6 Å². The van der Waals surface area contributed by atoms with E-state index in [9.17, 15) is 24.8 Å². The van der Waals surface area contributed by atoms with Gasteiger partial charge in [0, 0.05) is 31.8 Å². The number of carboxylic acid groups (broad SMARTS) is 1. The van der Waals surface area contributed by atoms with Crippen molar-refractivity contribution in [3.8, 4) is 0 Å². The van der Waals surface area contributed by atoms with Gasteiger partial charge in [-0.15, -0.1) is 0 Å². The molecule has 1 aromatic rings. The molecule has 0 aromatic heterocycles. The lowest BCUT2D eigenvalue weighted by Crippen LogP contribution is -2.55. The first kappa shape index (κ1) is 14.7. The summed E-state index contributed by atoms with van der Waals surface area (Å²) in [7, 11) is 0. The molecular formula is C12H14N4O5. The van der Waals surface area contributed by atoms with Gasteiger partial charge in [0.15, 0.2) is 0 Å². The molecule has 0 bridgehead atoms. The summed E-state index contributed by atoms with van der Waals surface area (Å²) in [6.07, 6.45) is 0. The smallest absolute Gasteiger partial charge is 0.327 e. The lowest BCUT2D eigenvalue weighted by molar-refractivity contribution is -0.384. The third-order valence-electron chi connectivity index (χ3n) is 3.29. The number of carboxylic acids is 1. The van der Waals surface area contributed by atoms with Crippen LogP contribution in [-0.4, -0.2) is 47.6 Å². The van der Waals surface area contributed by atoms with Crippen LogP contribution >= 0.6 is 0 Å². The van der Waals surface area contributed by atoms with Gasteiger partial charge in [-0.1, -0.05) is 0 Å². The summed E-state index contributed by atoms with van der Waals surface area (Å²) in [5.41, 5.74) is 5.23. The number of nitrogens with zero attached hydrogens (tertiary/aromatic N) is 2. The molecule has 4 N–H and O–H groups in total. The Bertz CT molecular complexity index is 603. The maximum absolute atomic E-state index is 11.5. The van der Waals surface area contributed by atoms with Crippen LogP contribution in [0.4, 0.5) is 11.4 Å². The molecular weight excluding hydrogens is 280 g/mol. The fourth-order valence-electron chi connectivity index (χ4n) is 2.30. The molecule has 1 aliphatic heterocycles. The van der Waals surface area contributed by atoms with Crippen LogP contribution in [0.2, 0.25) is 0 Å². The summed E-state index contributed by atoms with van der Waals surface area (Å²) in [5, 5.41) is 23.0. The Kier molecular flexibility index (Phi) is 4.03. The molecule has 1 saturated heterocycles. The van der Waals surface area contributed by atoms with E-state index in [2.05, 4.69) is 5.32 Å². The standard InChI is InChI=1S/C12H14N4O5/c13-11(17)8-5-7(16(20)21)1-2-9(8)15-4-3-14-6-10(15)12(18)19/h1-2,5,10,14H,3-4,6H2,(H2,13,17)(H,18,19). The van der Waals surface area contributed by atoms with Crippen LogP contribution in [0.5, 0.6) is 0 Å². The zero-order valence-corrected chi connectivity index (χ0v) is 11.0. The van der Waals surface area contributed by atoms with Crippen LogP contribution in [0, 0.1) is 10.1 Å². The molecule has 0 aliphatic carbocycles. The average Bonchev–Trinajstić information content (AvgIpc) is 2.46. The van der Waals surface area contributed by atoms with Crippen LogP contribution < -0.4 is 16.0 Å². The fraction of sp³-hybridized carbons (Fsp3) is 0.333. The summed E-state index contributed by atoms with van der Waals surface area (Å²) in [5.74, 6) is -1.88. The molecule has 1 heterocycles. The molecule has 1 fully saturated rings. The van der Waals surface area contributed by atoms with E-state index in [-0.39, 0.29) is 17.8 Å². The van der Waals surface area contributed by atoms with Crippen molar-refractivity contribution in [1.82, 2.24) is 5.32 Å². The van der Waals surface area contributed by atoms with Crippen LogP contribution in [0.3, 0.4) is 0 Å². The highest BCUT2D eigenvalue weighted by Crippen LogP contribution is 2.27. The van der Waals surface area contributed by atoms with Gasteiger partial charge in [-0.25, -0.2) is 4.79 Å². The Labute approximate surface area is 119 Å². The number of hydrogen-bond acceptors (Lipinski definition) is 6. The molecule has 1 unspecified atom stereocenters. The maximum atomic E-state index is 11.5. The molecule has 2 rings (SSSR count). The Balaban J connectivity index is 2.48. The second-order valence-corrected chi connectivity index (χ2v) is 4.57. The van der Waals surface area contributed by atoms with Crippen molar-refractivity contribution >= 4 is 23.3 Å². The molecule has 9 heteroatoms. The summed E-state index contributed by atoms with van der Waals surface area (Å²) in [6, 6.07) is 2.79. The topological polar surface area (TPSA) is 139 Å². The van der Waals surface area contributed by atoms with Gasteiger partial charge in [0.2, 0.25) is 0 Å². The molecule has 0 radical (unpaired) electrons. The maximum Gasteiger partial charge on any atom is 0.327 e. The van der Waals surface area contributed by atoms with Gasteiger partial charge in [-0.2, -0.15) is 0 Å². The van der Waals surface area contributed by atoms with E-state index >= 15 is 0 Å². The van der Waals surface area contributed by atoms with Crippen LogP contribution in [0.1, 0.15) is 10.4 Å². The van der Waals surface area contributed by atoms with Crippen LogP contribution in [0.15, 0.2) is 18.2 Å². The van der Waals surface area contributed by atoms with Crippen molar-refractivity contribution in [2.75, 3.05) is 24.5 Å². The zero-order chi connectivity index (χ0) is 15.6. The van der Waals surface area contributed by atoms with E-state index in [1.54, 1.807) is 0 Å². The largest absolute Gasteiger partial charge is 0.480 e. The predicted molar refractivity (Wildman–Crippen MR) is 73.3 cm³/mol. The summed E-state index contributed by atoms with van der Waals surface area (Å²) in [6.45, 7) is 1.11. The molecule has 1 amide bonds. The van der Waals surface area contributed by atoms with Gasteiger partial charge in [-0.05, 0) is 6.07 Å². The van der Waals surface area contributed by atoms with Crippen molar-refractivity contribution < 1.29 is 19.6 Å². The number of piperazine rings is 1. The number of rotatable bonds is 4. The van der Waals surface area contributed by atoms with Crippen molar-refractivity contribution in [1.29, 1.82) is 0 Å². The number of anilines is 1. The Hall–Kier alpha value is -2.68. The average molecular weight is 294 g/mol. The second kappa shape index (κ2) is 5.75. The minimum atomic E-state index is -1.05. The highest BCUT2D eigenvalue weighted by molar-refractivity contribution is 6.00. The third-order valence-corrected chi connectivity index (χ3v) is 3.29. The lowest BCUT2D eigenvalue weighted by Gasteiger charge is -2.36. The zero-order valence-electron chi connectivity index (χ0n) is 11.0. The number of carbonyl (C=O) groups is 2. The molecule has 0 spiro atoms. The number of benzene rings is 1. The normalized spacial score (nSPS) is 18.3. The first-order valence-corrected chi connectivity index (χ1v) is 6.20. The fourth-order valence-corrected chi connectivity index (χ4v) is 2.30. The van der Waals surface area contributed by atoms with Crippen LogP contribution in [0.25, 0.3) is 0 Å². The highest BCUT2D eigenvalue weighted by Gasteiger charge is 2.31. The van der Waals surface area contributed by atoms with E-state index in [1.165, 1.54) is 17.0 Å². The van der Waals surface area contributed by atoms with E-state index in [0.717, 1.165) is 6.07 Å². The van der Waals surface area contributed by atoms with Gasteiger partial charge < -0.3 is 21.1 Å². The van der Waals surface area contributed by atoms with Gasteiger partial charge in [0.05, 0.1) is 16.2 Å². The molecule has 1 aromatic carbocycles. The van der Waals surface area contributed by atoms with Crippen LogP contribution in [-0.2, 0) is 4.79 Å². The van der Waals surface area contributed by atoms with Crippen molar-refractivity contribution in [3.63, 3.8) is 0 Å².